The fourth-order valence-corrected chi connectivity index (χ4v) is 2.31. The molecule has 0 amide bonds. The molecular weight excluding hydrogens is 242 g/mol. The number of aryl methyl sites for hydroxylation is 1. The molecule has 4 nitrogen and oxygen atoms in total. The van der Waals surface area contributed by atoms with Crippen LogP contribution in [0.1, 0.15) is 5.56 Å². The van der Waals surface area contributed by atoms with E-state index >= 15 is 0 Å². The average molecular weight is 253 g/mol. The highest BCUT2D eigenvalue weighted by Crippen LogP contribution is 2.37. The summed E-state index contributed by atoms with van der Waals surface area (Å²) in [7, 11) is 0. The summed E-state index contributed by atoms with van der Waals surface area (Å²) in [6, 6.07) is 12.8. The van der Waals surface area contributed by atoms with Gasteiger partial charge in [0.25, 0.3) is 5.69 Å². The van der Waals surface area contributed by atoms with Gasteiger partial charge in [0, 0.05) is 16.5 Å². The van der Waals surface area contributed by atoms with Crippen molar-refractivity contribution in [3.63, 3.8) is 0 Å². The molecule has 0 atom stereocenters. The van der Waals surface area contributed by atoms with E-state index in [1.54, 1.807) is 25.3 Å². The SMILES string of the molecule is Cc1cccc(-c2coc3ccccc23)c1[N+](=O)[O-]. The predicted molar refractivity (Wildman–Crippen MR) is 73.0 cm³/mol. The Morgan fingerprint density at radius 1 is 1.05 bits per heavy atom. The van der Waals surface area contributed by atoms with Gasteiger partial charge in [0.05, 0.1) is 16.7 Å². The van der Waals surface area contributed by atoms with E-state index < -0.39 is 0 Å². The Balaban J connectivity index is 2.33. The van der Waals surface area contributed by atoms with Crippen LogP contribution in [0.5, 0.6) is 0 Å². The van der Waals surface area contributed by atoms with Crippen LogP contribution >= 0.6 is 0 Å². The highest BCUT2D eigenvalue weighted by Gasteiger charge is 2.20. The van der Waals surface area contributed by atoms with Crippen LogP contribution in [-0.2, 0) is 0 Å². The van der Waals surface area contributed by atoms with Crippen molar-refractivity contribution < 1.29 is 9.34 Å². The Hall–Kier alpha value is -2.62. The van der Waals surface area contributed by atoms with Gasteiger partial charge in [0.2, 0.25) is 0 Å². The first-order valence-electron chi connectivity index (χ1n) is 5.89. The maximum Gasteiger partial charge on any atom is 0.280 e. The molecule has 0 saturated carbocycles. The number of furan rings is 1. The molecule has 0 bridgehead atoms. The second kappa shape index (κ2) is 4.24. The quantitative estimate of drug-likeness (QED) is 0.505. The van der Waals surface area contributed by atoms with Crippen molar-refractivity contribution in [2.75, 3.05) is 0 Å². The largest absolute Gasteiger partial charge is 0.464 e. The summed E-state index contributed by atoms with van der Waals surface area (Å²) in [6.45, 7) is 1.74. The molecule has 3 aromatic rings. The number of nitro benzene ring substituents is 1. The Labute approximate surface area is 109 Å². The second-order valence-corrected chi connectivity index (χ2v) is 4.37. The minimum absolute atomic E-state index is 0.133. The molecule has 0 fully saturated rings. The van der Waals surface area contributed by atoms with Crippen molar-refractivity contribution in [2.24, 2.45) is 0 Å². The maximum absolute atomic E-state index is 11.2. The third kappa shape index (κ3) is 1.78. The first kappa shape index (κ1) is 11.5. The molecule has 1 aromatic heterocycles. The zero-order valence-corrected chi connectivity index (χ0v) is 10.3. The molecule has 94 valence electrons. The van der Waals surface area contributed by atoms with Gasteiger partial charge in [-0.25, -0.2) is 0 Å². The van der Waals surface area contributed by atoms with E-state index in [2.05, 4.69) is 0 Å². The van der Waals surface area contributed by atoms with Crippen molar-refractivity contribution in [1.29, 1.82) is 0 Å². The Morgan fingerprint density at radius 2 is 1.84 bits per heavy atom. The van der Waals surface area contributed by atoms with Crippen LogP contribution in [0, 0.1) is 17.0 Å². The summed E-state index contributed by atoms with van der Waals surface area (Å²) >= 11 is 0. The molecule has 0 saturated heterocycles. The van der Waals surface area contributed by atoms with Gasteiger partial charge in [-0.15, -0.1) is 0 Å². The molecule has 0 aliphatic rings. The summed E-state index contributed by atoms with van der Waals surface area (Å²) in [5.74, 6) is 0. The second-order valence-electron chi connectivity index (χ2n) is 4.37. The summed E-state index contributed by atoms with van der Waals surface area (Å²) in [5.41, 5.74) is 2.86. The number of fused-ring (bicyclic) bond motifs is 1. The van der Waals surface area contributed by atoms with Crippen LogP contribution in [0.3, 0.4) is 0 Å². The number of nitro groups is 1. The summed E-state index contributed by atoms with van der Waals surface area (Å²) in [6.07, 6.45) is 1.58. The maximum atomic E-state index is 11.2. The fraction of sp³-hybridized carbons (Fsp3) is 0.0667. The molecule has 0 spiro atoms. The molecule has 1 heterocycles. The Bertz CT molecular complexity index is 774. The molecule has 0 aliphatic heterocycles. The van der Waals surface area contributed by atoms with Crippen LogP contribution in [-0.4, -0.2) is 4.92 Å². The van der Waals surface area contributed by atoms with Gasteiger partial charge >= 0.3 is 0 Å². The van der Waals surface area contributed by atoms with E-state index in [0.717, 1.165) is 16.5 Å². The lowest BCUT2D eigenvalue weighted by molar-refractivity contribution is -0.384. The molecular formula is C15H11NO3. The Kier molecular flexibility index (Phi) is 2.56. The molecule has 19 heavy (non-hydrogen) atoms. The molecule has 0 unspecified atom stereocenters. The zero-order chi connectivity index (χ0) is 13.4. The van der Waals surface area contributed by atoms with Crippen molar-refractivity contribution in [1.82, 2.24) is 0 Å². The first-order chi connectivity index (χ1) is 9.18. The van der Waals surface area contributed by atoms with Crippen LogP contribution in [0.15, 0.2) is 53.1 Å². The van der Waals surface area contributed by atoms with E-state index in [1.165, 1.54) is 0 Å². The standard InChI is InChI=1S/C15H11NO3/c1-10-5-4-7-12(15(10)16(17)18)13-9-19-14-8-3-2-6-11(13)14/h2-9H,1H3. The normalized spacial score (nSPS) is 10.8. The van der Waals surface area contributed by atoms with Crippen LogP contribution in [0.25, 0.3) is 22.1 Å². The lowest BCUT2D eigenvalue weighted by atomic mass is 10.0. The number of para-hydroxylation sites is 2. The van der Waals surface area contributed by atoms with E-state index in [0.29, 0.717) is 11.1 Å². The fourth-order valence-electron chi connectivity index (χ4n) is 2.31. The van der Waals surface area contributed by atoms with Crippen LogP contribution in [0.2, 0.25) is 0 Å². The number of hydrogen-bond acceptors (Lipinski definition) is 3. The lowest BCUT2D eigenvalue weighted by Crippen LogP contribution is -1.94. The third-order valence-electron chi connectivity index (χ3n) is 3.19. The molecule has 0 aliphatic carbocycles. The lowest BCUT2D eigenvalue weighted by Gasteiger charge is -2.03. The van der Waals surface area contributed by atoms with Gasteiger partial charge in [0.1, 0.15) is 5.58 Å². The monoisotopic (exact) mass is 253 g/mol. The van der Waals surface area contributed by atoms with Crippen molar-refractivity contribution >= 4 is 16.7 Å². The zero-order valence-electron chi connectivity index (χ0n) is 10.3. The molecule has 4 heteroatoms. The topological polar surface area (TPSA) is 56.3 Å². The summed E-state index contributed by atoms with van der Waals surface area (Å²) in [5, 5.41) is 12.1. The molecule has 0 radical (unpaired) electrons. The van der Waals surface area contributed by atoms with Crippen molar-refractivity contribution in [2.45, 2.75) is 6.92 Å². The van der Waals surface area contributed by atoms with Crippen molar-refractivity contribution in [3.8, 4) is 11.1 Å². The van der Waals surface area contributed by atoms with Gasteiger partial charge < -0.3 is 4.42 Å². The minimum Gasteiger partial charge on any atom is -0.464 e. The minimum atomic E-state index is -0.341. The number of hydrogen-bond donors (Lipinski definition) is 0. The van der Waals surface area contributed by atoms with Gasteiger partial charge in [-0.05, 0) is 19.1 Å². The third-order valence-corrected chi connectivity index (χ3v) is 3.19. The molecule has 0 N–H and O–H groups in total. The Morgan fingerprint density at radius 3 is 2.63 bits per heavy atom. The predicted octanol–water partition coefficient (Wildman–Crippen LogP) is 4.32. The smallest absolute Gasteiger partial charge is 0.280 e. The van der Waals surface area contributed by atoms with E-state index in [9.17, 15) is 10.1 Å². The van der Waals surface area contributed by atoms with Gasteiger partial charge in [-0.3, -0.25) is 10.1 Å². The highest BCUT2D eigenvalue weighted by molar-refractivity contribution is 5.96. The number of nitrogens with zero attached hydrogens (tertiary/aromatic N) is 1. The summed E-state index contributed by atoms with van der Waals surface area (Å²) in [4.78, 5) is 10.9. The van der Waals surface area contributed by atoms with Gasteiger partial charge in [-0.2, -0.15) is 0 Å². The van der Waals surface area contributed by atoms with Crippen molar-refractivity contribution in [3.05, 3.63) is 64.4 Å². The molecule has 3 rings (SSSR count). The first-order valence-corrected chi connectivity index (χ1v) is 5.89. The average Bonchev–Trinajstić information content (AvgIpc) is 2.81. The highest BCUT2D eigenvalue weighted by atomic mass is 16.6. The summed E-state index contributed by atoms with van der Waals surface area (Å²) < 4.78 is 5.46. The van der Waals surface area contributed by atoms with Crippen LogP contribution < -0.4 is 0 Å². The van der Waals surface area contributed by atoms with Gasteiger partial charge in [-0.1, -0.05) is 30.3 Å². The molecule has 2 aromatic carbocycles. The number of benzene rings is 2. The van der Waals surface area contributed by atoms with E-state index in [-0.39, 0.29) is 10.6 Å². The van der Waals surface area contributed by atoms with Crippen LogP contribution in [0.4, 0.5) is 5.69 Å². The van der Waals surface area contributed by atoms with E-state index in [4.69, 9.17) is 4.42 Å². The van der Waals surface area contributed by atoms with E-state index in [1.807, 2.05) is 30.3 Å². The van der Waals surface area contributed by atoms with Gasteiger partial charge in [0.15, 0.2) is 0 Å². The number of rotatable bonds is 2.